The van der Waals surface area contributed by atoms with Crippen LogP contribution in [0.2, 0.25) is 0 Å². The maximum atomic E-state index is 4.46. The Morgan fingerprint density at radius 2 is 1.80 bits per heavy atom. The first-order valence-corrected chi connectivity index (χ1v) is 6.69. The zero-order valence-electron chi connectivity index (χ0n) is 11.3. The summed E-state index contributed by atoms with van der Waals surface area (Å²) in [7, 11) is 0. The third kappa shape index (κ3) is 2.74. The number of rotatable bonds is 4. The van der Waals surface area contributed by atoms with Gasteiger partial charge in [-0.15, -0.1) is 0 Å². The number of fused-ring (bicyclic) bond motifs is 1. The topological polar surface area (TPSA) is 50.7 Å². The number of hydrogen-bond acceptors (Lipinski definition) is 4. The van der Waals surface area contributed by atoms with Gasteiger partial charge in [-0.3, -0.25) is 4.98 Å². The third-order valence-corrected chi connectivity index (χ3v) is 3.29. The fraction of sp³-hybridized carbons (Fsp3) is 0.188. The smallest absolute Gasteiger partial charge is 0.180 e. The summed E-state index contributed by atoms with van der Waals surface area (Å²) in [6.45, 7) is 3.03. The highest BCUT2D eigenvalue weighted by Gasteiger charge is 2.05. The first-order valence-electron chi connectivity index (χ1n) is 6.69. The lowest BCUT2D eigenvalue weighted by atomic mass is 10.0. The van der Waals surface area contributed by atoms with E-state index in [4.69, 9.17) is 0 Å². The quantitative estimate of drug-likeness (QED) is 0.786. The molecule has 4 heteroatoms. The summed E-state index contributed by atoms with van der Waals surface area (Å²) in [6.07, 6.45) is 3.33. The Morgan fingerprint density at radius 3 is 2.65 bits per heavy atom. The summed E-state index contributed by atoms with van der Waals surface area (Å²) in [4.78, 5) is 12.9. The van der Waals surface area contributed by atoms with Crippen molar-refractivity contribution in [3.63, 3.8) is 0 Å². The zero-order valence-corrected chi connectivity index (χ0v) is 11.3. The molecule has 2 aromatic heterocycles. The van der Waals surface area contributed by atoms with Crippen molar-refractivity contribution in [1.29, 1.82) is 0 Å². The van der Waals surface area contributed by atoms with Crippen LogP contribution in [0, 0.1) is 0 Å². The van der Waals surface area contributed by atoms with Gasteiger partial charge < -0.3 is 5.32 Å². The van der Waals surface area contributed by atoms with Crippen molar-refractivity contribution in [2.75, 3.05) is 11.9 Å². The van der Waals surface area contributed by atoms with Crippen LogP contribution in [-0.4, -0.2) is 21.5 Å². The molecule has 0 spiro atoms. The molecule has 0 fully saturated rings. The lowest BCUT2D eigenvalue weighted by molar-refractivity contribution is 0.802. The number of aromatic nitrogens is 3. The van der Waals surface area contributed by atoms with Gasteiger partial charge in [-0.05, 0) is 23.6 Å². The van der Waals surface area contributed by atoms with Crippen LogP contribution in [0.15, 0.2) is 54.9 Å². The van der Waals surface area contributed by atoms with Crippen LogP contribution >= 0.6 is 0 Å². The van der Waals surface area contributed by atoms with Gasteiger partial charge in [0, 0.05) is 18.9 Å². The van der Waals surface area contributed by atoms with Crippen LogP contribution in [0.4, 0.5) is 5.82 Å². The molecule has 3 rings (SSSR count). The second kappa shape index (κ2) is 5.65. The average Bonchev–Trinajstić information content (AvgIpc) is 2.53. The van der Waals surface area contributed by atoms with E-state index in [2.05, 4.69) is 51.5 Å². The molecule has 0 aliphatic rings. The molecule has 1 unspecified atom stereocenters. The van der Waals surface area contributed by atoms with Crippen LogP contribution < -0.4 is 5.32 Å². The molecule has 1 atom stereocenters. The molecular formula is C16H16N4. The van der Waals surface area contributed by atoms with Gasteiger partial charge in [0.15, 0.2) is 5.65 Å². The van der Waals surface area contributed by atoms with Crippen molar-refractivity contribution in [3.8, 4) is 0 Å². The van der Waals surface area contributed by atoms with Crippen LogP contribution in [0.1, 0.15) is 18.4 Å². The molecule has 100 valence electrons. The minimum Gasteiger partial charge on any atom is -0.369 e. The summed E-state index contributed by atoms with van der Waals surface area (Å²) >= 11 is 0. The highest BCUT2D eigenvalue weighted by molar-refractivity contribution is 5.71. The number of hydrogen-bond donors (Lipinski definition) is 1. The zero-order chi connectivity index (χ0) is 13.8. The molecule has 1 N–H and O–H groups in total. The van der Waals surface area contributed by atoms with Gasteiger partial charge in [-0.25, -0.2) is 9.97 Å². The van der Waals surface area contributed by atoms with Crippen LogP contribution in [-0.2, 0) is 0 Å². The molecule has 1 aromatic carbocycles. The largest absolute Gasteiger partial charge is 0.369 e. The minimum atomic E-state index is 0.426. The highest BCUT2D eigenvalue weighted by Crippen LogP contribution is 2.16. The van der Waals surface area contributed by atoms with Gasteiger partial charge in [0.05, 0.1) is 0 Å². The van der Waals surface area contributed by atoms with Crippen LogP contribution in [0.5, 0.6) is 0 Å². The van der Waals surface area contributed by atoms with Gasteiger partial charge >= 0.3 is 0 Å². The monoisotopic (exact) mass is 264 g/mol. The predicted octanol–water partition coefficient (Wildman–Crippen LogP) is 3.24. The third-order valence-electron chi connectivity index (χ3n) is 3.29. The fourth-order valence-electron chi connectivity index (χ4n) is 2.11. The van der Waals surface area contributed by atoms with Crippen LogP contribution in [0.25, 0.3) is 11.2 Å². The summed E-state index contributed by atoms with van der Waals surface area (Å²) < 4.78 is 0. The van der Waals surface area contributed by atoms with E-state index < -0.39 is 0 Å². The molecular weight excluding hydrogens is 248 g/mol. The second-order valence-corrected chi connectivity index (χ2v) is 4.79. The Kier molecular flexibility index (Phi) is 3.54. The lowest BCUT2D eigenvalue weighted by Crippen LogP contribution is -2.10. The molecule has 0 aliphatic carbocycles. The van der Waals surface area contributed by atoms with Gasteiger partial charge in [-0.1, -0.05) is 37.3 Å². The van der Waals surface area contributed by atoms with Crippen molar-refractivity contribution in [1.82, 2.24) is 15.0 Å². The minimum absolute atomic E-state index is 0.426. The maximum Gasteiger partial charge on any atom is 0.180 e. The molecule has 0 saturated carbocycles. The SMILES string of the molecule is CC(CNc1ccc2nccnc2n1)c1ccccc1. The summed E-state index contributed by atoms with van der Waals surface area (Å²) in [5, 5.41) is 3.36. The number of benzene rings is 1. The Morgan fingerprint density at radius 1 is 1.00 bits per heavy atom. The molecule has 0 saturated heterocycles. The molecule has 4 nitrogen and oxygen atoms in total. The van der Waals surface area contributed by atoms with E-state index in [1.54, 1.807) is 12.4 Å². The van der Waals surface area contributed by atoms with Gasteiger partial charge in [0.1, 0.15) is 11.3 Å². The Hall–Kier alpha value is -2.49. The van der Waals surface area contributed by atoms with Gasteiger partial charge in [0.2, 0.25) is 0 Å². The van der Waals surface area contributed by atoms with Crippen molar-refractivity contribution >= 4 is 17.0 Å². The first-order chi connectivity index (χ1) is 9.83. The van der Waals surface area contributed by atoms with E-state index in [0.717, 1.165) is 17.9 Å². The van der Waals surface area contributed by atoms with Crippen molar-refractivity contribution in [2.24, 2.45) is 0 Å². The van der Waals surface area contributed by atoms with Crippen molar-refractivity contribution < 1.29 is 0 Å². The molecule has 0 amide bonds. The van der Waals surface area contributed by atoms with Crippen molar-refractivity contribution in [3.05, 3.63) is 60.4 Å². The molecule has 0 bridgehead atoms. The summed E-state index contributed by atoms with van der Waals surface area (Å²) in [5.74, 6) is 1.26. The summed E-state index contributed by atoms with van der Waals surface area (Å²) in [6, 6.07) is 14.3. The standard InChI is InChI=1S/C16H16N4/c1-12(13-5-3-2-4-6-13)11-19-15-8-7-14-16(20-15)18-10-9-17-14/h2-10,12H,11H2,1H3,(H,18,19,20). The Labute approximate surface area is 117 Å². The Balaban J connectivity index is 1.70. The number of nitrogens with one attached hydrogen (secondary N) is 1. The van der Waals surface area contributed by atoms with E-state index in [9.17, 15) is 0 Å². The predicted molar refractivity (Wildman–Crippen MR) is 80.7 cm³/mol. The van der Waals surface area contributed by atoms with E-state index in [0.29, 0.717) is 11.6 Å². The van der Waals surface area contributed by atoms with E-state index in [-0.39, 0.29) is 0 Å². The normalized spacial score (nSPS) is 12.2. The molecule has 0 radical (unpaired) electrons. The first kappa shape index (κ1) is 12.5. The molecule has 0 aliphatic heterocycles. The number of nitrogens with zero attached hydrogens (tertiary/aromatic N) is 3. The summed E-state index contributed by atoms with van der Waals surface area (Å²) in [5.41, 5.74) is 2.81. The maximum absolute atomic E-state index is 4.46. The molecule has 2 heterocycles. The molecule has 20 heavy (non-hydrogen) atoms. The van der Waals surface area contributed by atoms with E-state index >= 15 is 0 Å². The van der Waals surface area contributed by atoms with E-state index in [1.165, 1.54) is 5.56 Å². The number of pyridine rings is 1. The van der Waals surface area contributed by atoms with Gasteiger partial charge in [0.25, 0.3) is 0 Å². The van der Waals surface area contributed by atoms with Crippen molar-refractivity contribution in [2.45, 2.75) is 12.8 Å². The fourth-order valence-corrected chi connectivity index (χ4v) is 2.11. The second-order valence-electron chi connectivity index (χ2n) is 4.79. The number of anilines is 1. The Bertz CT molecular complexity index is 697. The molecule has 3 aromatic rings. The van der Waals surface area contributed by atoms with E-state index in [1.807, 2.05) is 18.2 Å². The lowest BCUT2D eigenvalue weighted by Gasteiger charge is -2.13. The van der Waals surface area contributed by atoms with Gasteiger partial charge in [-0.2, -0.15) is 0 Å². The highest BCUT2D eigenvalue weighted by atomic mass is 15.0. The average molecular weight is 264 g/mol. The van der Waals surface area contributed by atoms with Crippen LogP contribution in [0.3, 0.4) is 0 Å².